The van der Waals surface area contributed by atoms with Crippen LogP contribution in [0.5, 0.6) is 5.75 Å². The molecule has 0 fully saturated rings. The fourth-order valence-corrected chi connectivity index (χ4v) is 3.61. The lowest BCUT2D eigenvalue weighted by atomic mass is 9.95. The zero-order chi connectivity index (χ0) is 15.4. The maximum atomic E-state index is 9.37. The standard InChI is InChI=1S/C18H18N2OS/c1-21-16-8-6-13(7-9-16)12-22-18-15(11-19)10-14-4-2-3-5-17(14)20-18/h6-10H,2-5,12H2,1H3. The number of ether oxygens (including phenoxy) is 1. The first-order valence-corrected chi connectivity index (χ1v) is 8.47. The number of hydrogen-bond donors (Lipinski definition) is 0. The summed E-state index contributed by atoms with van der Waals surface area (Å²) in [7, 11) is 1.67. The van der Waals surface area contributed by atoms with Crippen molar-refractivity contribution in [3.05, 3.63) is 52.7 Å². The van der Waals surface area contributed by atoms with Crippen LogP contribution in [0.15, 0.2) is 35.4 Å². The molecule has 0 saturated carbocycles. The zero-order valence-corrected chi connectivity index (χ0v) is 13.4. The molecule has 0 saturated heterocycles. The number of methoxy groups -OCH3 is 1. The van der Waals surface area contributed by atoms with Gasteiger partial charge in [0.25, 0.3) is 0 Å². The van der Waals surface area contributed by atoms with Gasteiger partial charge in [-0.2, -0.15) is 5.26 Å². The molecule has 0 radical (unpaired) electrons. The molecule has 1 aliphatic carbocycles. The Kier molecular flexibility index (Phi) is 4.65. The number of benzene rings is 1. The van der Waals surface area contributed by atoms with E-state index in [-0.39, 0.29) is 0 Å². The first-order valence-electron chi connectivity index (χ1n) is 7.49. The van der Waals surface area contributed by atoms with Gasteiger partial charge in [-0.25, -0.2) is 4.98 Å². The van der Waals surface area contributed by atoms with E-state index in [1.54, 1.807) is 18.9 Å². The third kappa shape index (κ3) is 3.26. The van der Waals surface area contributed by atoms with E-state index in [0.717, 1.165) is 29.4 Å². The first-order chi connectivity index (χ1) is 10.8. The van der Waals surface area contributed by atoms with Crippen LogP contribution in [0, 0.1) is 11.3 Å². The predicted molar refractivity (Wildman–Crippen MR) is 88.1 cm³/mol. The second kappa shape index (κ2) is 6.85. The van der Waals surface area contributed by atoms with Crippen molar-refractivity contribution in [3.8, 4) is 11.8 Å². The summed E-state index contributed by atoms with van der Waals surface area (Å²) in [5.74, 6) is 1.67. The van der Waals surface area contributed by atoms with E-state index in [2.05, 4.69) is 18.2 Å². The van der Waals surface area contributed by atoms with E-state index in [9.17, 15) is 5.26 Å². The molecule has 0 unspecified atom stereocenters. The van der Waals surface area contributed by atoms with E-state index in [1.165, 1.54) is 29.7 Å². The van der Waals surface area contributed by atoms with Crippen molar-refractivity contribution in [3.63, 3.8) is 0 Å². The van der Waals surface area contributed by atoms with Gasteiger partial charge in [0.1, 0.15) is 16.8 Å². The Morgan fingerprint density at radius 1 is 1.23 bits per heavy atom. The van der Waals surface area contributed by atoms with E-state index in [1.807, 2.05) is 18.2 Å². The molecule has 1 aromatic carbocycles. The molecule has 3 rings (SSSR count). The number of aryl methyl sites for hydroxylation is 2. The topological polar surface area (TPSA) is 45.9 Å². The number of pyridine rings is 1. The molecule has 1 heterocycles. The Labute approximate surface area is 135 Å². The van der Waals surface area contributed by atoms with Crippen LogP contribution in [0.25, 0.3) is 0 Å². The highest BCUT2D eigenvalue weighted by Crippen LogP contribution is 2.29. The van der Waals surface area contributed by atoms with Crippen molar-refractivity contribution in [1.82, 2.24) is 4.98 Å². The summed E-state index contributed by atoms with van der Waals surface area (Å²) >= 11 is 1.64. The quantitative estimate of drug-likeness (QED) is 0.796. The molecule has 22 heavy (non-hydrogen) atoms. The third-order valence-corrected chi connectivity index (χ3v) is 4.98. The molecule has 0 atom stereocenters. The number of rotatable bonds is 4. The summed E-state index contributed by atoms with van der Waals surface area (Å²) in [4.78, 5) is 4.75. The minimum Gasteiger partial charge on any atom is -0.497 e. The van der Waals surface area contributed by atoms with Crippen molar-refractivity contribution in [2.24, 2.45) is 0 Å². The zero-order valence-electron chi connectivity index (χ0n) is 12.6. The number of nitriles is 1. The summed E-state index contributed by atoms with van der Waals surface area (Å²) < 4.78 is 5.17. The Morgan fingerprint density at radius 2 is 2.00 bits per heavy atom. The van der Waals surface area contributed by atoms with E-state index < -0.39 is 0 Å². The van der Waals surface area contributed by atoms with Gasteiger partial charge in [-0.3, -0.25) is 0 Å². The summed E-state index contributed by atoms with van der Waals surface area (Å²) in [6, 6.07) is 12.4. The molecule has 0 N–H and O–H groups in total. The SMILES string of the molecule is COc1ccc(CSc2nc3c(cc2C#N)CCCC3)cc1. The summed E-state index contributed by atoms with van der Waals surface area (Å²) in [5.41, 5.74) is 4.35. The maximum Gasteiger partial charge on any atom is 0.118 e. The second-order valence-electron chi connectivity index (χ2n) is 5.40. The number of hydrogen-bond acceptors (Lipinski definition) is 4. The van der Waals surface area contributed by atoms with Crippen molar-refractivity contribution >= 4 is 11.8 Å². The Hall–Kier alpha value is -1.99. The number of aromatic nitrogens is 1. The van der Waals surface area contributed by atoms with E-state index in [0.29, 0.717) is 5.56 Å². The Morgan fingerprint density at radius 3 is 2.73 bits per heavy atom. The van der Waals surface area contributed by atoms with Crippen LogP contribution in [-0.2, 0) is 18.6 Å². The Bertz CT molecular complexity index is 704. The Balaban J connectivity index is 1.77. The average molecular weight is 310 g/mol. The van der Waals surface area contributed by atoms with Gasteiger partial charge in [-0.1, -0.05) is 12.1 Å². The van der Waals surface area contributed by atoms with Gasteiger partial charge in [0, 0.05) is 11.4 Å². The molecular formula is C18H18N2OS. The fraction of sp³-hybridized carbons (Fsp3) is 0.333. The van der Waals surface area contributed by atoms with Gasteiger partial charge >= 0.3 is 0 Å². The molecule has 1 aliphatic rings. The fourth-order valence-electron chi connectivity index (χ4n) is 2.68. The van der Waals surface area contributed by atoms with E-state index in [4.69, 9.17) is 9.72 Å². The minimum absolute atomic E-state index is 0.708. The van der Waals surface area contributed by atoms with Gasteiger partial charge in [0.2, 0.25) is 0 Å². The molecule has 0 bridgehead atoms. The van der Waals surface area contributed by atoms with Gasteiger partial charge in [0.15, 0.2) is 0 Å². The largest absolute Gasteiger partial charge is 0.497 e. The third-order valence-electron chi connectivity index (χ3n) is 3.92. The van der Waals surface area contributed by atoms with Crippen LogP contribution < -0.4 is 4.74 Å². The van der Waals surface area contributed by atoms with Crippen LogP contribution in [0.2, 0.25) is 0 Å². The molecule has 1 aromatic heterocycles. The number of nitrogens with zero attached hydrogens (tertiary/aromatic N) is 2. The first kappa shape index (κ1) is 14.9. The second-order valence-corrected chi connectivity index (χ2v) is 6.37. The van der Waals surface area contributed by atoms with Crippen LogP contribution >= 0.6 is 11.8 Å². The predicted octanol–water partition coefficient (Wildman–Crippen LogP) is 4.13. The average Bonchev–Trinajstić information content (AvgIpc) is 2.59. The summed E-state index contributed by atoms with van der Waals surface area (Å²) in [6.07, 6.45) is 4.50. The lowest BCUT2D eigenvalue weighted by Gasteiger charge is -2.16. The molecule has 0 spiro atoms. The summed E-state index contributed by atoms with van der Waals surface area (Å²) in [5, 5.41) is 10.2. The van der Waals surface area contributed by atoms with Crippen molar-refractivity contribution in [2.45, 2.75) is 36.5 Å². The highest BCUT2D eigenvalue weighted by atomic mass is 32.2. The summed E-state index contributed by atoms with van der Waals surface area (Å²) in [6.45, 7) is 0. The monoisotopic (exact) mass is 310 g/mol. The molecule has 0 aliphatic heterocycles. The molecule has 3 nitrogen and oxygen atoms in total. The highest BCUT2D eigenvalue weighted by molar-refractivity contribution is 7.98. The van der Waals surface area contributed by atoms with Gasteiger partial charge in [-0.15, -0.1) is 11.8 Å². The van der Waals surface area contributed by atoms with Gasteiger partial charge < -0.3 is 4.74 Å². The number of fused-ring (bicyclic) bond motifs is 1. The van der Waals surface area contributed by atoms with Crippen molar-refractivity contribution in [1.29, 1.82) is 5.26 Å². The van der Waals surface area contributed by atoms with Crippen LogP contribution in [0.3, 0.4) is 0 Å². The van der Waals surface area contributed by atoms with Gasteiger partial charge in [0.05, 0.1) is 12.7 Å². The van der Waals surface area contributed by atoms with Gasteiger partial charge in [-0.05, 0) is 55.0 Å². The van der Waals surface area contributed by atoms with Crippen molar-refractivity contribution in [2.75, 3.05) is 7.11 Å². The molecule has 2 aromatic rings. The normalized spacial score (nSPS) is 13.3. The van der Waals surface area contributed by atoms with Crippen molar-refractivity contribution < 1.29 is 4.74 Å². The minimum atomic E-state index is 0.708. The molecule has 112 valence electrons. The molecular weight excluding hydrogens is 292 g/mol. The molecule has 4 heteroatoms. The smallest absolute Gasteiger partial charge is 0.118 e. The molecule has 0 amide bonds. The van der Waals surface area contributed by atoms with E-state index >= 15 is 0 Å². The highest BCUT2D eigenvalue weighted by Gasteiger charge is 2.15. The maximum absolute atomic E-state index is 9.37. The van der Waals surface area contributed by atoms with Crippen LogP contribution in [-0.4, -0.2) is 12.1 Å². The lowest BCUT2D eigenvalue weighted by molar-refractivity contribution is 0.414. The number of thioether (sulfide) groups is 1. The lowest BCUT2D eigenvalue weighted by Crippen LogP contribution is -2.07. The van der Waals surface area contributed by atoms with Crippen LogP contribution in [0.1, 0.15) is 35.2 Å². The van der Waals surface area contributed by atoms with Crippen LogP contribution in [0.4, 0.5) is 0 Å².